The fourth-order valence-corrected chi connectivity index (χ4v) is 6.35. The summed E-state index contributed by atoms with van der Waals surface area (Å²) in [5.74, 6) is 3.18. The number of rotatable bonds is 1. The fraction of sp³-hybridized carbons (Fsp3) is 1.00. The van der Waals surface area contributed by atoms with Crippen molar-refractivity contribution in [2.75, 3.05) is 0 Å². The molecule has 4 rings (SSSR count). The Kier molecular flexibility index (Phi) is 3.83. The standard InChI is InChI=1S/C19H33N/c1-14-10-12-15(13-11-14)20-18-8-4-2-6-16(18)17-7-3-5-9-19(17)20/h14-19H,2-13H2,1H3. The minimum atomic E-state index is 0.963. The normalized spacial score (nSPS) is 49.6. The van der Waals surface area contributed by atoms with Crippen molar-refractivity contribution in [2.24, 2.45) is 17.8 Å². The van der Waals surface area contributed by atoms with E-state index >= 15 is 0 Å². The first-order valence-electron chi connectivity index (χ1n) is 9.62. The molecular formula is C19H33N. The van der Waals surface area contributed by atoms with Crippen LogP contribution in [0.3, 0.4) is 0 Å². The molecular weight excluding hydrogens is 242 g/mol. The van der Waals surface area contributed by atoms with Crippen molar-refractivity contribution in [2.45, 2.75) is 102 Å². The third-order valence-corrected chi connectivity index (χ3v) is 7.29. The molecule has 4 unspecified atom stereocenters. The highest BCUT2D eigenvalue weighted by Gasteiger charge is 2.51. The van der Waals surface area contributed by atoms with Gasteiger partial charge in [-0.2, -0.15) is 0 Å². The summed E-state index contributed by atoms with van der Waals surface area (Å²) >= 11 is 0. The zero-order chi connectivity index (χ0) is 13.5. The maximum atomic E-state index is 3.12. The van der Waals surface area contributed by atoms with Crippen LogP contribution in [-0.4, -0.2) is 23.0 Å². The lowest BCUT2D eigenvalue weighted by Gasteiger charge is -2.43. The molecule has 0 spiro atoms. The lowest BCUT2D eigenvalue weighted by atomic mass is 9.73. The second-order valence-electron chi connectivity index (χ2n) is 8.39. The summed E-state index contributed by atoms with van der Waals surface area (Å²) in [6, 6.07) is 2.95. The zero-order valence-electron chi connectivity index (χ0n) is 13.4. The third-order valence-electron chi connectivity index (χ3n) is 7.29. The molecule has 4 aliphatic rings. The average molecular weight is 275 g/mol. The van der Waals surface area contributed by atoms with Crippen molar-refractivity contribution in [3.05, 3.63) is 0 Å². The molecule has 3 aliphatic carbocycles. The Hall–Kier alpha value is -0.0400. The minimum absolute atomic E-state index is 0.963. The number of hydrogen-bond donors (Lipinski definition) is 0. The number of likely N-dealkylation sites (tertiary alicyclic amines) is 1. The molecule has 1 aliphatic heterocycles. The Morgan fingerprint density at radius 1 is 0.600 bits per heavy atom. The molecule has 1 nitrogen and oxygen atoms in total. The Morgan fingerprint density at radius 3 is 1.65 bits per heavy atom. The van der Waals surface area contributed by atoms with Gasteiger partial charge in [0.1, 0.15) is 0 Å². The molecule has 1 saturated heterocycles. The average Bonchev–Trinajstić information content (AvgIpc) is 2.83. The van der Waals surface area contributed by atoms with Gasteiger partial charge < -0.3 is 0 Å². The van der Waals surface area contributed by atoms with Gasteiger partial charge in [0.25, 0.3) is 0 Å². The van der Waals surface area contributed by atoms with Gasteiger partial charge in [-0.15, -0.1) is 0 Å². The molecule has 20 heavy (non-hydrogen) atoms. The lowest BCUT2D eigenvalue weighted by Crippen LogP contribution is -2.48. The molecule has 4 fully saturated rings. The van der Waals surface area contributed by atoms with Crippen LogP contribution in [0.15, 0.2) is 0 Å². The lowest BCUT2D eigenvalue weighted by molar-refractivity contribution is 0.0575. The summed E-state index contributed by atoms with van der Waals surface area (Å²) in [6.45, 7) is 2.47. The van der Waals surface area contributed by atoms with E-state index in [1.807, 2.05) is 0 Å². The molecule has 0 aromatic heterocycles. The highest BCUT2D eigenvalue weighted by Crippen LogP contribution is 2.51. The summed E-state index contributed by atoms with van der Waals surface area (Å²) in [7, 11) is 0. The summed E-state index contributed by atoms with van der Waals surface area (Å²) in [4.78, 5) is 3.12. The van der Waals surface area contributed by atoms with E-state index in [1.54, 1.807) is 12.8 Å². The summed E-state index contributed by atoms with van der Waals surface area (Å²) in [5, 5.41) is 0. The van der Waals surface area contributed by atoms with E-state index in [1.165, 1.54) is 64.2 Å². The Bertz CT molecular complexity index is 309. The summed E-state index contributed by atoms with van der Waals surface area (Å²) < 4.78 is 0. The van der Waals surface area contributed by atoms with E-state index in [9.17, 15) is 0 Å². The van der Waals surface area contributed by atoms with Gasteiger partial charge in [0, 0.05) is 18.1 Å². The molecule has 4 atom stereocenters. The van der Waals surface area contributed by atoms with Crippen LogP contribution in [0.2, 0.25) is 0 Å². The predicted octanol–water partition coefficient (Wildman–Crippen LogP) is 5.00. The van der Waals surface area contributed by atoms with Crippen LogP contribution in [0.5, 0.6) is 0 Å². The molecule has 0 aromatic carbocycles. The monoisotopic (exact) mass is 275 g/mol. The number of nitrogens with zero attached hydrogens (tertiary/aromatic N) is 1. The van der Waals surface area contributed by atoms with Crippen LogP contribution >= 0.6 is 0 Å². The molecule has 0 N–H and O–H groups in total. The van der Waals surface area contributed by atoms with Crippen molar-refractivity contribution >= 4 is 0 Å². The molecule has 1 heterocycles. The molecule has 0 amide bonds. The van der Waals surface area contributed by atoms with Gasteiger partial charge in [-0.3, -0.25) is 4.90 Å². The Balaban J connectivity index is 1.56. The van der Waals surface area contributed by atoms with E-state index in [0.29, 0.717) is 0 Å². The quantitative estimate of drug-likeness (QED) is 0.651. The van der Waals surface area contributed by atoms with E-state index in [-0.39, 0.29) is 0 Å². The van der Waals surface area contributed by atoms with E-state index in [4.69, 9.17) is 0 Å². The van der Waals surface area contributed by atoms with Crippen molar-refractivity contribution in [1.82, 2.24) is 4.90 Å². The first-order chi connectivity index (χ1) is 9.84. The highest BCUT2D eigenvalue weighted by molar-refractivity contribution is 5.05. The second-order valence-corrected chi connectivity index (χ2v) is 8.39. The topological polar surface area (TPSA) is 3.24 Å². The molecule has 3 saturated carbocycles. The van der Waals surface area contributed by atoms with Crippen molar-refractivity contribution in [3.8, 4) is 0 Å². The van der Waals surface area contributed by atoms with Gasteiger partial charge >= 0.3 is 0 Å². The maximum Gasteiger partial charge on any atom is 0.0133 e. The smallest absolute Gasteiger partial charge is 0.0133 e. The molecule has 0 radical (unpaired) electrons. The van der Waals surface area contributed by atoms with Gasteiger partial charge in [0.15, 0.2) is 0 Å². The summed E-state index contributed by atoms with van der Waals surface area (Å²) in [6.07, 6.45) is 18.3. The van der Waals surface area contributed by atoms with E-state index in [2.05, 4.69) is 11.8 Å². The number of fused-ring (bicyclic) bond motifs is 3. The fourth-order valence-electron chi connectivity index (χ4n) is 6.35. The van der Waals surface area contributed by atoms with Gasteiger partial charge in [-0.1, -0.05) is 32.6 Å². The van der Waals surface area contributed by atoms with E-state index in [0.717, 1.165) is 35.9 Å². The van der Waals surface area contributed by atoms with Gasteiger partial charge in [0.05, 0.1) is 0 Å². The molecule has 114 valence electrons. The van der Waals surface area contributed by atoms with E-state index < -0.39 is 0 Å². The Morgan fingerprint density at radius 2 is 1.10 bits per heavy atom. The van der Waals surface area contributed by atoms with Crippen LogP contribution in [0, 0.1) is 17.8 Å². The summed E-state index contributed by atoms with van der Waals surface area (Å²) in [5.41, 5.74) is 0. The van der Waals surface area contributed by atoms with Gasteiger partial charge in [-0.05, 0) is 69.1 Å². The first kappa shape index (κ1) is 13.6. The SMILES string of the molecule is CC1CCC(N2C3CCCCC3C3CCCCC32)CC1. The van der Waals surface area contributed by atoms with Crippen LogP contribution in [0.25, 0.3) is 0 Å². The van der Waals surface area contributed by atoms with Crippen LogP contribution in [0.4, 0.5) is 0 Å². The maximum absolute atomic E-state index is 3.12. The second kappa shape index (κ2) is 5.63. The van der Waals surface area contributed by atoms with Crippen LogP contribution in [-0.2, 0) is 0 Å². The van der Waals surface area contributed by atoms with Gasteiger partial charge in [-0.25, -0.2) is 0 Å². The van der Waals surface area contributed by atoms with Crippen molar-refractivity contribution in [1.29, 1.82) is 0 Å². The first-order valence-corrected chi connectivity index (χ1v) is 9.62. The Labute approximate surface area is 125 Å². The highest BCUT2D eigenvalue weighted by atomic mass is 15.3. The largest absolute Gasteiger partial charge is 0.294 e. The molecule has 0 aromatic rings. The third kappa shape index (κ3) is 2.25. The minimum Gasteiger partial charge on any atom is -0.294 e. The van der Waals surface area contributed by atoms with Crippen LogP contribution < -0.4 is 0 Å². The number of hydrogen-bond acceptors (Lipinski definition) is 1. The predicted molar refractivity (Wildman–Crippen MR) is 84.8 cm³/mol. The van der Waals surface area contributed by atoms with Gasteiger partial charge in [0.2, 0.25) is 0 Å². The van der Waals surface area contributed by atoms with Crippen molar-refractivity contribution < 1.29 is 0 Å². The van der Waals surface area contributed by atoms with Crippen LogP contribution in [0.1, 0.15) is 84.0 Å². The molecule has 1 heteroatoms. The molecule has 0 bridgehead atoms. The zero-order valence-corrected chi connectivity index (χ0v) is 13.4. The van der Waals surface area contributed by atoms with Crippen molar-refractivity contribution in [3.63, 3.8) is 0 Å².